The minimum absolute atomic E-state index is 0.284. The number of aromatic nitrogens is 3. The maximum atomic E-state index is 11.4. The summed E-state index contributed by atoms with van der Waals surface area (Å²) in [6, 6.07) is 4.99. The van der Waals surface area contributed by atoms with Gasteiger partial charge in [0.15, 0.2) is 5.82 Å². The van der Waals surface area contributed by atoms with Crippen molar-refractivity contribution in [2.24, 2.45) is 5.14 Å². The van der Waals surface area contributed by atoms with Crippen molar-refractivity contribution >= 4 is 33.2 Å². The Hall–Kier alpha value is -1.15. The van der Waals surface area contributed by atoms with Crippen LogP contribution in [0.2, 0.25) is 10.0 Å². The zero-order valence-electron chi connectivity index (χ0n) is 9.84. The Morgan fingerprint density at radius 2 is 2.00 bits per heavy atom. The van der Waals surface area contributed by atoms with E-state index in [1.807, 2.05) is 0 Å². The van der Waals surface area contributed by atoms with E-state index in [-0.39, 0.29) is 10.2 Å². The zero-order valence-corrected chi connectivity index (χ0v) is 12.2. The van der Waals surface area contributed by atoms with Crippen LogP contribution >= 0.6 is 23.2 Å². The summed E-state index contributed by atoms with van der Waals surface area (Å²) in [7, 11) is -3.94. The van der Waals surface area contributed by atoms with E-state index in [4.69, 9.17) is 28.3 Å². The van der Waals surface area contributed by atoms with E-state index in [9.17, 15) is 8.42 Å². The van der Waals surface area contributed by atoms with Gasteiger partial charge in [-0.1, -0.05) is 29.3 Å². The van der Waals surface area contributed by atoms with Crippen LogP contribution in [0.15, 0.2) is 23.4 Å². The maximum Gasteiger partial charge on any atom is 0.273 e. The van der Waals surface area contributed by atoms with Gasteiger partial charge in [-0.25, -0.2) is 13.6 Å². The van der Waals surface area contributed by atoms with Crippen LogP contribution in [-0.2, 0) is 16.6 Å². The van der Waals surface area contributed by atoms with Crippen LogP contribution in [0.3, 0.4) is 0 Å². The Morgan fingerprint density at radius 1 is 1.32 bits per heavy atom. The molecule has 102 valence electrons. The van der Waals surface area contributed by atoms with E-state index in [2.05, 4.69) is 10.2 Å². The summed E-state index contributed by atoms with van der Waals surface area (Å²) in [5, 5.41) is 12.9. The fraction of sp³-hybridized carbons (Fsp3) is 0.200. The molecule has 1 heterocycles. The van der Waals surface area contributed by atoms with E-state index in [0.29, 0.717) is 23.0 Å². The van der Waals surface area contributed by atoms with Gasteiger partial charge in [0.25, 0.3) is 15.2 Å². The van der Waals surface area contributed by atoms with Gasteiger partial charge in [0.2, 0.25) is 0 Å². The third-order valence-electron chi connectivity index (χ3n) is 2.48. The Bertz CT molecular complexity index is 727. The minimum Gasteiger partial charge on any atom is -0.297 e. The van der Waals surface area contributed by atoms with Crippen molar-refractivity contribution in [3.63, 3.8) is 0 Å². The molecule has 0 saturated carbocycles. The number of hydrogen-bond acceptors (Lipinski definition) is 4. The lowest BCUT2D eigenvalue weighted by Crippen LogP contribution is -2.18. The molecule has 0 fully saturated rings. The topological polar surface area (TPSA) is 90.9 Å². The molecule has 0 aliphatic heterocycles. The third-order valence-corrected chi connectivity index (χ3v) is 4.11. The molecule has 0 spiro atoms. The Kier molecular flexibility index (Phi) is 3.82. The van der Waals surface area contributed by atoms with Gasteiger partial charge in [-0.15, -0.1) is 10.2 Å². The first kappa shape index (κ1) is 14.3. The van der Waals surface area contributed by atoms with Crippen LogP contribution in [0, 0.1) is 0 Å². The van der Waals surface area contributed by atoms with E-state index < -0.39 is 10.0 Å². The summed E-state index contributed by atoms with van der Waals surface area (Å²) in [6.07, 6.45) is 0. The summed E-state index contributed by atoms with van der Waals surface area (Å²) in [4.78, 5) is 0. The Balaban J connectivity index is 2.71. The van der Waals surface area contributed by atoms with Crippen molar-refractivity contribution in [1.82, 2.24) is 14.8 Å². The number of sulfonamides is 1. The molecule has 0 radical (unpaired) electrons. The van der Waals surface area contributed by atoms with Crippen LogP contribution in [0.4, 0.5) is 0 Å². The van der Waals surface area contributed by atoms with Crippen LogP contribution in [0.5, 0.6) is 0 Å². The molecule has 0 unspecified atom stereocenters. The molecule has 2 rings (SSSR count). The van der Waals surface area contributed by atoms with Gasteiger partial charge in [0.05, 0.1) is 10.0 Å². The highest BCUT2D eigenvalue weighted by Crippen LogP contribution is 2.33. The van der Waals surface area contributed by atoms with Crippen molar-refractivity contribution in [3.05, 3.63) is 28.2 Å². The quantitative estimate of drug-likeness (QED) is 0.935. The molecule has 0 saturated heterocycles. The average Bonchev–Trinajstić information content (AvgIpc) is 2.76. The van der Waals surface area contributed by atoms with Gasteiger partial charge in [-0.3, -0.25) is 4.57 Å². The van der Waals surface area contributed by atoms with Crippen LogP contribution in [-0.4, -0.2) is 23.2 Å². The molecule has 2 N–H and O–H groups in total. The van der Waals surface area contributed by atoms with Gasteiger partial charge in [-0.05, 0) is 19.1 Å². The molecule has 6 nitrogen and oxygen atoms in total. The first-order valence-electron chi connectivity index (χ1n) is 5.26. The highest BCUT2D eigenvalue weighted by Gasteiger charge is 2.22. The Morgan fingerprint density at radius 3 is 2.58 bits per heavy atom. The van der Waals surface area contributed by atoms with E-state index in [1.165, 1.54) is 4.57 Å². The predicted molar refractivity (Wildman–Crippen MR) is 72.5 cm³/mol. The Labute approximate surface area is 120 Å². The third kappa shape index (κ3) is 2.59. The van der Waals surface area contributed by atoms with Crippen molar-refractivity contribution in [2.75, 3.05) is 0 Å². The number of benzene rings is 1. The second-order valence-electron chi connectivity index (χ2n) is 3.70. The normalized spacial score (nSPS) is 11.8. The number of halogens is 2. The fourth-order valence-corrected chi connectivity index (χ4v) is 2.72. The van der Waals surface area contributed by atoms with Crippen LogP contribution in [0.25, 0.3) is 11.4 Å². The molecule has 19 heavy (non-hydrogen) atoms. The summed E-state index contributed by atoms with van der Waals surface area (Å²) in [5.74, 6) is 0.305. The van der Waals surface area contributed by atoms with Crippen molar-refractivity contribution in [1.29, 1.82) is 0 Å². The highest BCUT2D eigenvalue weighted by atomic mass is 35.5. The summed E-state index contributed by atoms with van der Waals surface area (Å²) < 4.78 is 24.2. The molecule has 0 bridgehead atoms. The SMILES string of the molecule is CCn1c(-c2cccc(Cl)c2Cl)nnc1S(N)(=O)=O. The molecule has 1 aromatic carbocycles. The minimum atomic E-state index is -3.94. The molecule has 0 aliphatic carbocycles. The lowest BCUT2D eigenvalue weighted by atomic mass is 10.2. The number of nitrogens with zero attached hydrogens (tertiary/aromatic N) is 3. The first-order chi connectivity index (χ1) is 8.86. The van der Waals surface area contributed by atoms with Gasteiger partial charge in [-0.2, -0.15) is 0 Å². The smallest absolute Gasteiger partial charge is 0.273 e. The first-order valence-corrected chi connectivity index (χ1v) is 7.57. The van der Waals surface area contributed by atoms with Gasteiger partial charge in [0.1, 0.15) is 0 Å². The average molecular weight is 321 g/mol. The summed E-state index contributed by atoms with van der Waals surface area (Å²) >= 11 is 12.0. The number of hydrogen-bond donors (Lipinski definition) is 1. The molecule has 0 atom stereocenters. The summed E-state index contributed by atoms with van der Waals surface area (Å²) in [6.45, 7) is 2.08. The molecule has 0 aliphatic rings. The van der Waals surface area contributed by atoms with Gasteiger partial charge in [0, 0.05) is 12.1 Å². The van der Waals surface area contributed by atoms with Gasteiger partial charge < -0.3 is 0 Å². The van der Waals surface area contributed by atoms with Crippen LogP contribution in [0.1, 0.15) is 6.92 Å². The monoisotopic (exact) mass is 320 g/mol. The predicted octanol–water partition coefficient (Wildman–Crippen LogP) is 1.92. The largest absolute Gasteiger partial charge is 0.297 e. The van der Waals surface area contributed by atoms with Crippen molar-refractivity contribution < 1.29 is 8.42 Å². The molecular formula is C10H10Cl2N4O2S. The number of nitrogens with two attached hydrogens (primary N) is 1. The highest BCUT2D eigenvalue weighted by molar-refractivity contribution is 7.89. The fourth-order valence-electron chi connectivity index (χ4n) is 1.66. The van der Waals surface area contributed by atoms with Crippen LogP contribution < -0.4 is 5.14 Å². The van der Waals surface area contributed by atoms with E-state index in [0.717, 1.165) is 0 Å². The van der Waals surface area contributed by atoms with E-state index >= 15 is 0 Å². The molecule has 9 heteroatoms. The maximum absolute atomic E-state index is 11.4. The lowest BCUT2D eigenvalue weighted by molar-refractivity contribution is 0.571. The standard InChI is InChI=1S/C10H10Cl2N4O2S/c1-2-16-9(14-15-10(16)19(13,17)18)6-4-3-5-7(11)8(6)12/h3-5H,2H2,1H3,(H2,13,17,18). The van der Waals surface area contributed by atoms with E-state index in [1.54, 1.807) is 25.1 Å². The second kappa shape index (κ2) is 5.09. The number of primary sulfonamides is 1. The molecule has 0 amide bonds. The molecule has 1 aromatic heterocycles. The molecular weight excluding hydrogens is 311 g/mol. The number of rotatable bonds is 3. The lowest BCUT2D eigenvalue weighted by Gasteiger charge is -2.08. The van der Waals surface area contributed by atoms with Crippen molar-refractivity contribution in [2.45, 2.75) is 18.6 Å². The van der Waals surface area contributed by atoms with Gasteiger partial charge >= 0.3 is 0 Å². The summed E-state index contributed by atoms with van der Waals surface area (Å²) in [5.41, 5.74) is 0.499. The molecule has 2 aromatic rings. The van der Waals surface area contributed by atoms with Crippen molar-refractivity contribution in [3.8, 4) is 11.4 Å². The second-order valence-corrected chi connectivity index (χ2v) is 5.94. The zero-order chi connectivity index (χ0) is 14.2.